The van der Waals surface area contributed by atoms with Crippen molar-refractivity contribution in [3.05, 3.63) is 41.0 Å². The van der Waals surface area contributed by atoms with Crippen LogP contribution in [0.5, 0.6) is 0 Å². The van der Waals surface area contributed by atoms with Crippen molar-refractivity contribution in [1.29, 1.82) is 0 Å². The van der Waals surface area contributed by atoms with Crippen LogP contribution in [0.15, 0.2) is 24.1 Å². The van der Waals surface area contributed by atoms with Crippen LogP contribution in [0.25, 0.3) is 0 Å². The molecule has 3 amide bonds. The molecule has 0 spiro atoms. The molecule has 0 bridgehead atoms. The molecule has 0 fully saturated rings. The minimum Gasteiger partial charge on any atom is -0.365 e. The van der Waals surface area contributed by atoms with Crippen LogP contribution in [0.3, 0.4) is 0 Å². The predicted octanol–water partition coefficient (Wildman–Crippen LogP) is 2.96. The summed E-state index contributed by atoms with van der Waals surface area (Å²) < 4.78 is 29.0. The maximum Gasteiger partial charge on any atom is 0.318 e. The number of nitrogens with zero attached hydrogens (tertiary/aromatic N) is 3. The highest BCUT2D eigenvalue weighted by atomic mass is 19.1. The monoisotopic (exact) mass is 407 g/mol. The average molecular weight is 407 g/mol. The lowest BCUT2D eigenvalue weighted by Crippen LogP contribution is -2.50. The van der Waals surface area contributed by atoms with Gasteiger partial charge in [-0.05, 0) is 18.9 Å². The molecule has 1 aliphatic carbocycles. The number of urea groups is 1. The molecule has 2 unspecified atom stereocenters. The number of alkyl halides is 1. The van der Waals surface area contributed by atoms with Gasteiger partial charge in [-0.1, -0.05) is 26.0 Å². The lowest BCUT2D eigenvalue weighted by molar-refractivity contribution is 0.0993. The fourth-order valence-electron chi connectivity index (χ4n) is 3.60. The van der Waals surface area contributed by atoms with Gasteiger partial charge in [0.15, 0.2) is 0 Å². The number of allylic oxidation sites excluding steroid dienone is 4. The molecule has 1 aliphatic heterocycles. The first kappa shape index (κ1) is 21.0. The van der Waals surface area contributed by atoms with E-state index in [1.807, 2.05) is 20.8 Å². The van der Waals surface area contributed by atoms with Crippen molar-refractivity contribution in [2.24, 2.45) is 11.7 Å². The van der Waals surface area contributed by atoms with Gasteiger partial charge in [-0.15, -0.1) is 0 Å². The molecule has 1 aromatic heterocycles. The number of hydrogen-bond acceptors (Lipinski definition) is 3. The van der Waals surface area contributed by atoms with E-state index in [1.54, 1.807) is 12.2 Å². The van der Waals surface area contributed by atoms with Crippen molar-refractivity contribution < 1.29 is 18.4 Å². The summed E-state index contributed by atoms with van der Waals surface area (Å²) in [5, 5.41) is 7.34. The van der Waals surface area contributed by atoms with E-state index in [0.717, 1.165) is 0 Å². The lowest BCUT2D eigenvalue weighted by Gasteiger charge is -2.34. The van der Waals surface area contributed by atoms with Crippen LogP contribution in [0.4, 0.5) is 13.6 Å². The van der Waals surface area contributed by atoms with Crippen LogP contribution in [0.1, 0.15) is 60.9 Å². The third-order valence-corrected chi connectivity index (χ3v) is 5.60. The highest BCUT2D eigenvalue weighted by Crippen LogP contribution is 2.35. The van der Waals surface area contributed by atoms with E-state index in [9.17, 15) is 18.4 Å². The molecule has 2 heterocycles. The van der Waals surface area contributed by atoms with Gasteiger partial charge in [0.25, 0.3) is 5.91 Å². The van der Waals surface area contributed by atoms with Crippen molar-refractivity contribution in [3.8, 4) is 0 Å². The van der Waals surface area contributed by atoms with Gasteiger partial charge < -0.3 is 16.0 Å². The van der Waals surface area contributed by atoms with Crippen molar-refractivity contribution in [3.63, 3.8) is 0 Å². The van der Waals surface area contributed by atoms with Crippen LogP contribution >= 0.6 is 0 Å². The van der Waals surface area contributed by atoms with E-state index in [0.29, 0.717) is 11.4 Å². The van der Waals surface area contributed by atoms with Gasteiger partial charge in [0.1, 0.15) is 12.5 Å². The predicted molar refractivity (Wildman–Crippen MR) is 105 cm³/mol. The number of nitrogens with one attached hydrogen (secondary N) is 1. The van der Waals surface area contributed by atoms with E-state index >= 15 is 0 Å². The quantitative estimate of drug-likeness (QED) is 0.786. The van der Waals surface area contributed by atoms with Gasteiger partial charge >= 0.3 is 6.03 Å². The first-order valence-electron chi connectivity index (χ1n) is 9.78. The summed E-state index contributed by atoms with van der Waals surface area (Å²) in [6.07, 6.45) is 4.71. The van der Waals surface area contributed by atoms with Gasteiger partial charge in [0.05, 0.1) is 29.5 Å². The third-order valence-electron chi connectivity index (χ3n) is 5.60. The van der Waals surface area contributed by atoms with Gasteiger partial charge in [-0.25, -0.2) is 13.6 Å². The zero-order chi connectivity index (χ0) is 21.3. The van der Waals surface area contributed by atoms with E-state index < -0.39 is 24.5 Å². The Morgan fingerprint density at radius 3 is 2.69 bits per heavy atom. The highest BCUT2D eigenvalue weighted by molar-refractivity contribution is 5.95. The SMILES string of the molecule is CC(C)[C@H](C)NC(=O)N1Cc2c(C(N)=O)c(C3C=CC=C(F)C3)nn2C(CF)C1. The molecule has 0 saturated heterocycles. The second-order valence-electron chi connectivity index (χ2n) is 8.00. The van der Waals surface area contributed by atoms with Crippen molar-refractivity contribution in [1.82, 2.24) is 20.0 Å². The molecular weight excluding hydrogens is 380 g/mol. The molecule has 0 saturated carbocycles. The number of fused-ring (bicyclic) bond motifs is 1. The molecule has 2 aliphatic rings. The summed E-state index contributed by atoms with van der Waals surface area (Å²) in [7, 11) is 0. The maximum absolute atomic E-state index is 13.8. The molecule has 158 valence electrons. The Kier molecular flexibility index (Phi) is 6.04. The van der Waals surface area contributed by atoms with Crippen molar-refractivity contribution >= 4 is 11.9 Å². The van der Waals surface area contributed by atoms with E-state index in [-0.39, 0.29) is 48.9 Å². The number of halogens is 2. The molecule has 29 heavy (non-hydrogen) atoms. The van der Waals surface area contributed by atoms with E-state index in [4.69, 9.17) is 5.73 Å². The zero-order valence-corrected chi connectivity index (χ0v) is 16.9. The lowest BCUT2D eigenvalue weighted by atomic mass is 9.92. The van der Waals surface area contributed by atoms with E-state index in [1.165, 1.54) is 15.7 Å². The van der Waals surface area contributed by atoms with Crippen LogP contribution < -0.4 is 11.1 Å². The number of carbonyl (C=O) groups is 2. The standard InChI is InChI=1S/C20H27F2N5O2/c1-11(2)12(3)24-20(29)26-9-15(8-21)27-16(10-26)17(19(23)28)18(25-27)13-5-4-6-14(22)7-13/h4-6,11-13,15H,7-10H2,1-3H3,(H2,23,28)(H,24,29)/t12-,13?,15?/m0/s1. The fourth-order valence-corrected chi connectivity index (χ4v) is 3.60. The molecule has 9 heteroatoms. The van der Waals surface area contributed by atoms with Gasteiger partial charge in [0, 0.05) is 24.9 Å². The number of aromatic nitrogens is 2. The summed E-state index contributed by atoms with van der Waals surface area (Å²) in [6, 6.07) is -1.13. The Morgan fingerprint density at radius 2 is 2.10 bits per heavy atom. The van der Waals surface area contributed by atoms with Gasteiger partial charge in [-0.2, -0.15) is 5.10 Å². The van der Waals surface area contributed by atoms with Gasteiger partial charge in [0.2, 0.25) is 0 Å². The third kappa shape index (κ3) is 4.18. The van der Waals surface area contributed by atoms with Crippen molar-refractivity contribution in [2.45, 2.75) is 51.7 Å². The Balaban J connectivity index is 1.96. The molecule has 7 nitrogen and oxygen atoms in total. The number of carbonyl (C=O) groups excluding carboxylic acids is 2. The second kappa shape index (κ2) is 8.34. The van der Waals surface area contributed by atoms with Crippen LogP contribution in [-0.4, -0.2) is 45.9 Å². The Hall–Kier alpha value is -2.71. The number of hydrogen-bond donors (Lipinski definition) is 2. The van der Waals surface area contributed by atoms with Gasteiger partial charge in [-0.3, -0.25) is 9.48 Å². The maximum atomic E-state index is 13.8. The Bertz CT molecular complexity index is 861. The van der Waals surface area contributed by atoms with Crippen LogP contribution in [0.2, 0.25) is 0 Å². The van der Waals surface area contributed by atoms with E-state index in [2.05, 4.69) is 10.4 Å². The number of primary amides is 1. The molecule has 0 radical (unpaired) electrons. The molecule has 3 N–H and O–H groups in total. The average Bonchev–Trinajstić information content (AvgIpc) is 3.06. The minimum absolute atomic E-state index is 0.0592. The second-order valence-corrected chi connectivity index (χ2v) is 8.00. The topological polar surface area (TPSA) is 93.2 Å². The molecule has 3 rings (SSSR count). The highest BCUT2D eigenvalue weighted by Gasteiger charge is 2.36. The summed E-state index contributed by atoms with van der Waals surface area (Å²) in [6.45, 7) is 5.31. The first-order chi connectivity index (χ1) is 13.7. The van der Waals surface area contributed by atoms with Crippen LogP contribution in [0, 0.1) is 5.92 Å². The summed E-state index contributed by atoms with van der Waals surface area (Å²) in [5.41, 5.74) is 6.47. The molecular formula is C20H27F2N5O2. The number of rotatable bonds is 5. The van der Waals surface area contributed by atoms with Crippen LogP contribution in [-0.2, 0) is 6.54 Å². The molecule has 3 atom stereocenters. The van der Waals surface area contributed by atoms with Crippen molar-refractivity contribution in [2.75, 3.05) is 13.2 Å². The molecule has 0 aromatic carbocycles. The summed E-state index contributed by atoms with van der Waals surface area (Å²) in [4.78, 5) is 26.4. The first-order valence-corrected chi connectivity index (χ1v) is 9.78. The minimum atomic E-state index is -0.759. The Morgan fingerprint density at radius 1 is 1.38 bits per heavy atom. The number of nitrogens with two attached hydrogens (primary N) is 1. The largest absolute Gasteiger partial charge is 0.365 e. The molecule has 1 aromatic rings. The zero-order valence-electron chi connectivity index (χ0n) is 16.9. The fraction of sp³-hybridized carbons (Fsp3) is 0.550. The Labute approximate surface area is 168 Å². The number of amides is 3. The summed E-state index contributed by atoms with van der Waals surface area (Å²) in [5.74, 6) is -1.28. The smallest absolute Gasteiger partial charge is 0.318 e. The summed E-state index contributed by atoms with van der Waals surface area (Å²) >= 11 is 0. The normalized spacial score (nSPS) is 22.3.